The Labute approximate surface area is 198 Å². The van der Waals surface area contributed by atoms with Crippen molar-refractivity contribution in [2.24, 2.45) is 0 Å². The summed E-state index contributed by atoms with van der Waals surface area (Å²) in [5.41, 5.74) is 0.702. The maximum absolute atomic E-state index is 13.2. The highest BCUT2D eigenvalue weighted by Crippen LogP contribution is 2.27. The maximum atomic E-state index is 13.2. The van der Waals surface area contributed by atoms with Gasteiger partial charge in [-0.25, -0.2) is 0 Å². The predicted molar refractivity (Wildman–Crippen MR) is 124 cm³/mol. The van der Waals surface area contributed by atoms with Gasteiger partial charge >= 0.3 is 0 Å². The van der Waals surface area contributed by atoms with Crippen molar-refractivity contribution in [3.8, 4) is 10.7 Å². The first kappa shape index (κ1) is 21.8. The Morgan fingerprint density at radius 1 is 1.06 bits per heavy atom. The van der Waals surface area contributed by atoms with E-state index < -0.39 is 0 Å². The number of nitrogens with zero attached hydrogens (tertiary/aromatic N) is 6. The third-order valence-electron chi connectivity index (χ3n) is 5.27. The number of piperazine rings is 1. The van der Waals surface area contributed by atoms with Crippen LogP contribution in [-0.4, -0.2) is 62.2 Å². The van der Waals surface area contributed by atoms with Crippen LogP contribution in [0.25, 0.3) is 10.7 Å². The second kappa shape index (κ2) is 9.86. The Kier molecular flexibility index (Phi) is 6.51. The Balaban J connectivity index is 1.17. The number of carbonyl (C=O) groups is 1. The van der Waals surface area contributed by atoms with Gasteiger partial charge in [0.1, 0.15) is 0 Å². The van der Waals surface area contributed by atoms with Crippen molar-refractivity contribution < 1.29 is 13.8 Å². The summed E-state index contributed by atoms with van der Waals surface area (Å²) in [5, 5.41) is 9.99. The van der Waals surface area contributed by atoms with Gasteiger partial charge in [-0.2, -0.15) is 9.97 Å². The number of aryl methyl sites for hydroxylation is 1. The first-order valence-electron chi connectivity index (χ1n) is 10.5. The third-order valence-corrected chi connectivity index (χ3v) is 7.21. The molecule has 4 aromatic rings. The van der Waals surface area contributed by atoms with E-state index in [0.29, 0.717) is 54.4 Å². The fraction of sp³-hybridized carbons (Fsp3) is 0.318. The molecule has 33 heavy (non-hydrogen) atoms. The molecule has 9 nitrogen and oxygen atoms in total. The molecular formula is C22H22N6O3S2. The number of carbonyl (C=O) groups excluding carboxylic acids is 1. The van der Waals surface area contributed by atoms with E-state index >= 15 is 0 Å². The van der Waals surface area contributed by atoms with Crippen LogP contribution < -0.4 is 0 Å². The Hall–Kier alpha value is -3.02. The molecule has 0 spiro atoms. The highest BCUT2D eigenvalue weighted by atomic mass is 32.2. The normalized spacial score (nSPS) is 14.6. The molecule has 0 unspecified atom stereocenters. The number of thioether (sulfide) groups is 1. The van der Waals surface area contributed by atoms with Gasteiger partial charge in [0.25, 0.3) is 5.91 Å². The Bertz CT molecular complexity index is 1210. The van der Waals surface area contributed by atoms with Crippen LogP contribution in [0.4, 0.5) is 0 Å². The minimum atomic E-state index is 0.0415. The Morgan fingerprint density at radius 2 is 1.91 bits per heavy atom. The molecule has 11 heteroatoms. The molecule has 0 N–H and O–H groups in total. The lowest BCUT2D eigenvalue weighted by atomic mass is 10.2. The highest BCUT2D eigenvalue weighted by molar-refractivity contribution is 7.98. The van der Waals surface area contributed by atoms with E-state index in [1.54, 1.807) is 18.3 Å². The lowest BCUT2D eigenvalue weighted by Gasteiger charge is -2.34. The SMILES string of the molecule is Cc1nc(CSc2ccccc2C(=O)N2CCN(Cc3nc(-c4cccs4)no3)CC2)no1. The first-order valence-corrected chi connectivity index (χ1v) is 12.4. The van der Waals surface area contributed by atoms with Gasteiger partial charge in [-0.3, -0.25) is 9.69 Å². The molecule has 0 aliphatic carbocycles. The fourth-order valence-electron chi connectivity index (χ4n) is 3.61. The Morgan fingerprint density at radius 3 is 2.67 bits per heavy atom. The van der Waals surface area contributed by atoms with E-state index in [1.165, 1.54) is 11.8 Å². The molecule has 3 aromatic heterocycles. The molecule has 0 radical (unpaired) electrons. The topological polar surface area (TPSA) is 101 Å². The number of aromatic nitrogens is 4. The van der Waals surface area contributed by atoms with Crippen LogP contribution in [0.1, 0.15) is 28.0 Å². The lowest BCUT2D eigenvalue weighted by molar-refractivity contribution is 0.0612. The number of hydrogen-bond donors (Lipinski definition) is 0. The zero-order valence-corrected chi connectivity index (χ0v) is 19.6. The van der Waals surface area contributed by atoms with E-state index in [2.05, 4.69) is 25.2 Å². The summed E-state index contributed by atoms with van der Waals surface area (Å²) in [6.45, 7) is 5.14. The van der Waals surface area contributed by atoms with Crippen molar-refractivity contribution in [2.45, 2.75) is 24.1 Å². The van der Waals surface area contributed by atoms with Crippen LogP contribution in [0.2, 0.25) is 0 Å². The molecule has 5 rings (SSSR count). The van der Waals surface area contributed by atoms with Crippen molar-refractivity contribution >= 4 is 29.0 Å². The quantitative estimate of drug-likeness (QED) is 0.365. The summed E-state index contributed by atoms with van der Waals surface area (Å²) in [6, 6.07) is 11.6. The molecule has 1 fully saturated rings. The van der Waals surface area contributed by atoms with Crippen LogP contribution in [0, 0.1) is 6.92 Å². The molecule has 0 bridgehead atoms. The molecule has 1 saturated heterocycles. The number of hydrogen-bond acceptors (Lipinski definition) is 10. The number of benzene rings is 1. The number of rotatable bonds is 7. The summed E-state index contributed by atoms with van der Waals surface area (Å²) in [5.74, 6) is 2.97. The summed E-state index contributed by atoms with van der Waals surface area (Å²) in [6.07, 6.45) is 0. The zero-order valence-electron chi connectivity index (χ0n) is 18.0. The van der Waals surface area contributed by atoms with Gasteiger partial charge in [0.2, 0.25) is 17.6 Å². The monoisotopic (exact) mass is 482 g/mol. The molecule has 1 aliphatic heterocycles. The lowest BCUT2D eigenvalue weighted by Crippen LogP contribution is -2.48. The van der Waals surface area contributed by atoms with Crippen molar-refractivity contribution in [2.75, 3.05) is 26.2 Å². The predicted octanol–water partition coefficient (Wildman–Crippen LogP) is 3.74. The van der Waals surface area contributed by atoms with Crippen LogP contribution >= 0.6 is 23.1 Å². The van der Waals surface area contributed by atoms with Gasteiger partial charge in [-0.15, -0.1) is 23.1 Å². The molecule has 4 heterocycles. The molecule has 1 aromatic carbocycles. The maximum Gasteiger partial charge on any atom is 0.255 e. The van der Waals surface area contributed by atoms with Gasteiger partial charge < -0.3 is 13.9 Å². The molecule has 0 saturated carbocycles. The molecule has 1 aliphatic rings. The average molecular weight is 483 g/mol. The molecule has 1 amide bonds. The van der Waals surface area contributed by atoms with Gasteiger partial charge in [0.15, 0.2) is 5.82 Å². The number of amides is 1. The minimum absolute atomic E-state index is 0.0415. The van der Waals surface area contributed by atoms with Crippen molar-refractivity contribution in [3.63, 3.8) is 0 Å². The van der Waals surface area contributed by atoms with Gasteiger partial charge in [-0.05, 0) is 23.6 Å². The summed E-state index contributed by atoms with van der Waals surface area (Å²) in [4.78, 5) is 28.0. The smallest absolute Gasteiger partial charge is 0.255 e. The minimum Gasteiger partial charge on any atom is -0.340 e. The van der Waals surface area contributed by atoms with Crippen molar-refractivity contribution in [3.05, 3.63) is 64.9 Å². The van der Waals surface area contributed by atoms with Gasteiger partial charge in [0, 0.05) is 38.0 Å². The van der Waals surface area contributed by atoms with Crippen LogP contribution in [0.5, 0.6) is 0 Å². The average Bonchev–Trinajstić information content (AvgIpc) is 3.60. The van der Waals surface area contributed by atoms with E-state index in [-0.39, 0.29) is 5.91 Å². The van der Waals surface area contributed by atoms with Crippen LogP contribution in [0.15, 0.2) is 55.7 Å². The first-order chi connectivity index (χ1) is 16.2. The highest BCUT2D eigenvalue weighted by Gasteiger charge is 2.25. The zero-order chi connectivity index (χ0) is 22.6. The van der Waals surface area contributed by atoms with E-state index in [4.69, 9.17) is 9.05 Å². The summed E-state index contributed by atoms with van der Waals surface area (Å²) >= 11 is 3.12. The number of thiophene rings is 1. The van der Waals surface area contributed by atoms with Crippen LogP contribution in [0.3, 0.4) is 0 Å². The largest absolute Gasteiger partial charge is 0.340 e. The molecule has 0 atom stereocenters. The summed E-state index contributed by atoms with van der Waals surface area (Å²) < 4.78 is 10.4. The second-order valence-corrected chi connectivity index (χ2v) is 9.54. The standard InChI is InChI=1S/C22H22N6O3S2/c1-15-23-19(25-30-15)14-33-17-6-3-2-5-16(17)22(29)28-10-8-27(9-11-28)13-20-24-21(26-31-20)18-7-4-12-32-18/h2-7,12H,8-11,13-14H2,1H3. The van der Waals surface area contributed by atoms with E-state index in [9.17, 15) is 4.79 Å². The third kappa shape index (κ3) is 5.15. The van der Waals surface area contributed by atoms with Crippen molar-refractivity contribution in [1.82, 2.24) is 30.1 Å². The van der Waals surface area contributed by atoms with E-state index in [0.717, 1.165) is 22.9 Å². The van der Waals surface area contributed by atoms with Gasteiger partial charge in [-0.1, -0.05) is 28.5 Å². The van der Waals surface area contributed by atoms with E-state index in [1.807, 2.05) is 46.7 Å². The van der Waals surface area contributed by atoms with Crippen LogP contribution in [-0.2, 0) is 12.3 Å². The van der Waals surface area contributed by atoms with Gasteiger partial charge in [0.05, 0.1) is 22.7 Å². The molecule has 170 valence electrons. The fourth-order valence-corrected chi connectivity index (χ4v) is 5.14. The van der Waals surface area contributed by atoms with Crippen molar-refractivity contribution in [1.29, 1.82) is 0 Å². The summed E-state index contributed by atoms with van der Waals surface area (Å²) in [7, 11) is 0. The second-order valence-electron chi connectivity index (χ2n) is 7.57. The molecular weight excluding hydrogens is 460 g/mol.